The predicted molar refractivity (Wildman–Crippen MR) is 107 cm³/mol. The molecule has 0 aliphatic carbocycles. The average Bonchev–Trinajstić information content (AvgIpc) is 2.68. The Morgan fingerprint density at radius 1 is 1.04 bits per heavy atom. The highest BCUT2D eigenvalue weighted by Gasteiger charge is 2.26. The lowest BCUT2D eigenvalue weighted by molar-refractivity contribution is -0.134. The van der Waals surface area contributed by atoms with Crippen LogP contribution in [0, 0.1) is 5.92 Å². The van der Waals surface area contributed by atoms with Crippen molar-refractivity contribution in [1.82, 2.24) is 4.90 Å². The molecule has 2 N–H and O–H groups in total. The quantitative estimate of drug-likeness (QED) is 0.844. The lowest BCUT2D eigenvalue weighted by Gasteiger charge is -2.33. The van der Waals surface area contributed by atoms with E-state index in [-0.39, 0.29) is 18.3 Å². The first-order valence-corrected chi connectivity index (χ1v) is 8.98. The molecule has 0 radical (unpaired) electrons. The van der Waals surface area contributed by atoms with Gasteiger partial charge in [0, 0.05) is 13.1 Å². The highest BCUT2D eigenvalue weighted by molar-refractivity contribution is 5.85. The number of carbonyl (C=O) groups excluding carboxylic acids is 1. The first-order valence-electron chi connectivity index (χ1n) is 8.98. The van der Waals surface area contributed by atoms with Crippen LogP contribution in [0.5, 0.6) is 5.75 Å². The van der Waals surface area contributed by atoms with E-state index < -0.39 is 6.04 Å². The molecule has 4 nitrogen and oxygen atoms in total. The molecule has 1 unspecified atom stereocenters. The minimum atomic E-state index is -0.459. The zero-order valence-electron chi connectivity index (χ0n) is 14.9. The van der Waals surface area contributed by atoms with Crippen LogP contribution in [0.4, 0.5) is 0 Å². The van der Waals surface area contributed by atoms with Gasteiger partial charge < -0.3 is 15.4 Å². The van der Waals surface area contributed by atoms with Crippen molar-refractivity contribution < 1.29 is 9.53 Å². The second-order valence-electron chi connectivity index (χ2n) is 6.69. The molecule has 1 heterocycles. The van der Waals surface area contributed by atoms with Crippen LogP contribution in [0.2, 0.25) is 0 Å². The Hall–Kier alpha value is -2.04. The summed E-state index contributed by atoms with van der Waals surface area (Å²) >= 11 is 0. The van der Waals surface area contributed by atoms with Gasteiger partial charge >= 0.3 is 0 Å². The molecule has 2 aromatic carbocycles. The molecule has 0 aromatic heterocycles. The van der Waals surface area contributed by atoms with E-state index in [2.05, 4.69) is 0 Å². The van der Waals surface area contributed by atoms with E-state index in [1.807, 2.05) is 65.6 Å². The number of nitrogens with two attached hydrogens (primary N) is 1. The van der Waals surface area contributed by atoms with Gasteiger partial charge in [-0.3, -0.25) is 4.79 Å². The van der Waals surface area contributed by atoms with Gasteiger partial charge in [0.1, 0.15) is 5.75 Å². The molecule has 2 aromatic rings. The van der Waals surface area contributed by atoms with Crippen LogP contribution >= 0.6 is 12.4 Å². The number of rotatable bonds is 6. The zero-order chi connectivity index (χ0) is 17.5. The molecule has 1 saturated heterocycles. The van der Waals surface area contributed by atoms with Crippen LogP contribution in [0.3, 0.4) is 0 Å². The summed E-state index contributed by atoms with van der Waals surface area (Å²) in [5.74, 6) is 1.46. The SMILES string of the molecule is Cl.NC(Cc1ccccc1)C(=O)N1CCC(COc2ccccc2)CC1. The maximum absolute atomic E-state index is 12.6. The van der Waals surface area contributed by atoms with Crippen molar-refractivity contribution in [1.29, 1.82) is 0 Å². The predicted octanol–water partition coefficient (Wildman–Crippen LogP) is 3.30. The van der Waals surface area contributed by atoms with Gasteiger partial charge in [0.2, 0.25) is 5.91 Å². The molecule has 1 aliphatic heterocycles. The first-order chi connectivity index (χ1) is 12.2. The van der Waals surface area contributed by atoms with Gasteiger partial charge in [-0.15, -0.1) is 12.4 Å². The van der Waals surface area contributed by atoms with Crippen LogP contribution in [-0.4, -0.2) is 36.5 Å². The lowest BCUT2D eigenvalue weighted by Crippen LogP contribution is -2.48. The van der Waals surface area contributed by atoms with Gasteiger partial charge in [-0.05, 0) is 42.9 Å². The van der Waals surface area contributed by atoms with Crippen molar-refractivity contribution in [3.63, 3.8) is 0 Å². The maximum atomic E-state index is 12.6. The number of hydrogen-bond donors (Lipinski definition) is 1. The van der Waals surface area contributed by atoms with Crippen molar-refractivity contribution in [2.75, 3.05) is 19.7 Å². The molecule has 1 aliphatic rings. The Labute approximate surface area is 161 Å². The summed E-state index contributed by atoms with van der Waals surface area (Å²) in [6.45, 7) is 2.25. The van der Waals surface area contributed by atoms with E-state index in [9.17, 15) is 4.79 Å². The van der Waals surface area contributed by atoms with E-state index in [0.29, 0.717) is 18.9 Å². The second-order valence-corrected chi connectivity index (χ2v) is 6.69. The van der Waals surface area contributed by atoms with Crippen LogP contribution in [0.25, 0.3) is 0 Å². The van der Waals surface area contributed by atoms with E-state index >= 15 is 0 Å². The normalized spacial score (nSPS) is 15.8. The Morgan fingerprint density at radius 3 is 2.23 bits per heavy atom. The fourth-order valence-electron chi connectivity index (χ4n) is 3.24. The summed E-state index contributed by atoms with van der Waals surface area (Å²) in [6, 6.07) is 19.4. The summed E-state index contributed by atoms with van der Waals surface area (Å²) < 4.78 is 5.84. The van der Waals surface area contributed by atoms with E-state index in [1.165, 1.54) is 0 Å². The van der Waals surface area contributed by atoms with Gasteiger partial charge in [-0.2, -0.15) is 0 Å². The van der Waals surface area contributed by atoms with Gasteiger partial charge in [0.15, 0.2) is 0 Å². The second kappa shape index (κ2) is 10.2. The Balaban J connectivity index is 0.00000243. The van der Waals surface area contributed by atoms with Crippen molar-refractivity contribution in [3.8, 4) is 5.75 Å². The minimum absolute atomic E-state index is 0. The van der Waals surface area contributed by atoms with Crippen molar-refractivity contribution in [2.24, 2.45) is 11.7 Å². The molecule has 1 amide bonds. The molecule has 0 spiro atoms. The number of para-hydroxylation sites is 1. The number of amides is 1. The summed E-state index contributed by atoms with van der Waals surface area (Å²) in [7, 11) is 0. The maximum Gasteiger partial charge on any atom is 0.239 e. The van der Waals surface area contributed by atoms with Crippen molar-refractivity contribution in [2.45, 2.75) is 25.3 Å². The Morgan fingerprint density at radius 2 is 1.62 bits per heavy atom. The largest absolute Gasteiger partial charge is 0.493 e. The van der Waals surface area contributed by atoms with E-state index in [1.54, 1.807) is 0 Å². The molecule has 0 bridgehead atoms. The number of halogens is 1. The molecular weight excluding hydrogens is 348 g/mol. The van der Waals surface area contributed by atoms with Crippen molar-refractivity contribution in [3.05, 3.63) is 66.2 Å². The molecular formula is C21H27ClN2O2. The molecule has 0 saturated carbocycles. The molecule has 140 valence electrons. The number of carbonyl (C=O) groups is 1. The van der Waals surface area contributed by atoms with Gasteiger partial charge in [0.25, 0.3) is 0 Å². The van der Waals surface area contributed by atoms with Gasteiger partial charge in [-0.1, -0.05) is 48.5 Å². The van der Waals surface area contributed by atoms with Crippen molar-refractivity contribution >= 4 is 18.3 Å². The number of hydrogen-bond acceptors (Lipinski definition) is 3. The van der Waals surface area contributed by atoms with Crippen LogP contribution in [0.15, 0.2) is 60.7 Å². The van der Waals surface area contributed by atoms with E-state index in [0.717, 1.165) is 37.2 Å². The highest BCUT2D eigenvalue weighted by atomic mass is 35.5. The van der Waals surface area contributed by atoms with Gasteiger partial charge in [0.05, 0.1) is 12.6 Å². The summed E-state index contributed by atoms with van der Waals surface area (Å²) in [4.78, 5) is 14.5. The van der Waals surface area contributed by atoms with Crippen LogP contribution in [-0.2, 0) is 11.2 Å². The average molecular weight is 375 g/mol. The standard InChI is InChI=1S/C21H26N2O2.ClH/c22-20(15-17-7-3-1-4-8-17)21(24)23-13-11-18(12-14-23)16-25-19-9-5-2-6-10-19;/h1-10,18,20H,11-16,22H2;1H. The number of nitrogens with zero attached hydrogens (tertiary/aromatic N) is 1. The topological polar surface area (TPSA) is 55.6 Å². The highest BCUT2D eigenvalue weighted by Crippen LogP contribution is 2.20. The third-order valence-electron chi connectivity index (χ3n) is 4.77. The minimum Gasteiger partial charge on any atom is -0.493 e. The third-order valence-corrected chi connectivity index (χ3v) is 4.77. The summed E-state index contributed by atoms with van der Waals surface area (Å²) in [5.41, 5.74) is 7.24. The Bertz CT molecular complexity index is 658. The lowest BCUT2D eigenvalue weighted by atomic mass is 9.96. The number of likely N-dealkylation sites (tertiary alicyclic amines) is 1. The third kappa shape index (κ3) is 5.75. The molecule has 5 heteroatoms. The molecule has 1 atom stereocenters. The monoisotopic (exact) mass is 374 g/mol. The fraction of sp³-hybridized carbons (Fsp3) is 0.381. The van der Waals surface area contributed by atoms with Crippen LogP contribution in [0.1, 0.15) is 18.4 Å². The van der Waals surface area contributed by atoms with Crippen LogP contribution < -0.4 is 10.5 Å². The molecule has 1 fully saturated rings. The fourth-order valence-corrected chi connectivity index (χ4v) is 3.24. The van der Waals surface area contributed by atoms with Gasteiger partial charge in [-0.25, -0.2) is 0 Å². The number of piperidine rings is 1. The summed E-state index contributed by atoms with van der Waals surface area (Å²) in [5, 5.41) is 0. The molecule has 26 heavy (non-hydrogen) atoms. The Kier molecular flexibility index (Phi) is 7.95. The smallest absolute Gasteiger partial charge is 0.239 e. The summed E-state index contributed by atoms with van der Waals surface area (Å²) in [6.07, 6.45) is 2.53. The number of benzene rings is 2. The van der Waals surface area contributed by atoms with E-state index in [4.69, 9.17) is 10.5 Å². The number of ether oxygens (including phenoxy) is 1. The zero-order valence-corrected chi connectivity index (χ0v) is 15.7. The molecule has 3 rings (SSSR count). The first kappa shape index (κ1) is 20.3.